The van der Waals surface area contributed by atoms with Crippen molar-refractivity contribution in [2.75, 3.05) is 0 Å². The van der Waals surface area contributed by atoms with Gasteiger partial charge in [0.05, 0.1) is 0 Å². The second-order valence-corrected chi connectivity index (χ2v) is 12.6. The summed E-state index contributed by atoms with van der Waals surface area (Å²) in [7, 11) is 0. The molecule has 2 saturated carbocycles. The van der Waals surface area contributed by atoms with Crippen LogP contribution in [0.3, 0.4) is 0 Å². The lowest BCUT2D eigenvalue weighted by molar-refractivity contribution is -0.661. The fraction of sp³-hybridized carbons (Fsp3) is 0.710. The van der Waals surface area contributed by atoms with Crippen molar-refractivity contribution in [1.82, 2.24) is 4.57 Å². The van der Waals surface area contributed by atoms with Crippen LogP contribution in [0.15, 0.2) is 30.6 Å². The van der Waals surface area contributed by atoms with Gasteiger partial charge in [0, 0.05) is 0 Å². The highest BCUT2D eigenvalue weighted by molar-refractivity contribution is 5.76. The van der Waals surface area contributed by atoms with Gasteiger partial charge in [0.2, 0.25) is 6.33 Å². The van der Waals surface area contributed by atoms with E-state index in [2.05, 4.69) is 41.5 Å². The molecule has 4 rings (SSSR count). The Bertz CT molecular complexity index is 992. The second kappa shape index (κ2) is 12.0. The van der Waals surface area contributed by atoms with Gasteiger partial charge in [-0.25, -0.2) is 18.7 Å². The number of para-hydroxylation sites is 2. The number of ether oxygens (including phenoxy) is 2. The molecule has 2 aliphatic carbocycles. The monoisotopic (exact) mass is 511 g/mol. The maximum absolute atomic E-state index is 13.1. The highest BCUT2D eigenvalue weighted by Gasteiger charge is 2.35. The normalized spacial score (nSPS) is 28.5. The van der Waals surface area contributed by atoms with E-state index in [1.54, 1.807) is 0 Å². The number of carbonyl (C=O) groups is 2. The molecule has 0 N–H and O–H groups in total. The number of hydrogen-bond acceptors (Lipinski definition) is 4. The quantitative estimate of drug-likeness (QED) is 0.325. The second-order valence-electron chi connectivity index (χ2n) is 12.6. The van der Waals surface area contributed by atoms with E-state index < -0.39 is 0 Å². The number of carbonyl (C=O) groups excluding carboxylic acids is 2. The summed E-state index contributed by atoms with van der Waals surface area (Å²) >= 11 is 0. The Morgan fingerprint density at radius 1 is 0.865 bits per heavy atom. The predicted octanol–water partition coefficient (Wildman–Crippen LogP) is 5.94. The van der Waals surface area contributed by atoms with Gasteiger partial charge >= 0.3 is 11.9 Å². The number of aromatic nitrogens is 2. The minimum absolute atomic E-state index is 0.0213. The van der Waals surface area contributed by atoms with Gasteiger partial charge in [-0.05, 0) is 73.3 Å². The van der Waals surface area contributed by atoms with Gasteiger partial charge in [0.15, 0.2) is 24.1 Å². The van der Waals surface area contributed by atoms with Crippen LogP contribution in [0, 0.1) is 35.5 Å². The molecular formula is C31H47N2O4+. The van der Waals surface area contributed by atoms with Gasteiger partial charge < -0.3 is 9.47 Å². The maximum atomic E-state index is 13.1. The number of hydrogen-bond donors (Lipinski definition) is 0. The molecule has 1 aromatic heterocycles. The lowest BCUT2D eigenvalue weighted by atomic mass is 9.75. The number of imidazole rings is 1. The Labute approximate surface area is 222 Å². The largest absolute Gasteiger partial charge is 0.459 e. The minimum atomic E-state index is -0.212. The summed E-state index contributed by atoms with van der Waals surface area (Å²) in [5, 5.41) is 0. The molecule has 0 unspecified atom stereocenters. The van der Waals surface area contributed by atoms with Crippen molar-refractivity contribution in [3.63, 3.8) is 0 Å². The zero-order valence-corrected chi connectivity index (χ0v) is 23.7. The van der Waals surface area contributed by atoms with E-state index in [1.807, 2.05) is 39.7 Å². The topological polar surface area (TPSA) is 61.4 Å². The SMILES string of the molecule is CC(C)[C@H]1CC[C@@H](C)C[C@H]1OC(=O)C[n+]1cn(CC(=O)O[C@@H]2C[C@H](C)CC[C@H]2C(C)C)c2ccccc21. The number of nitrogens with zero attached hydrogens (tertiary/aromatic N) is 2. The van der Waals surface area contributed by atoms with Crippen molar-refractivity contribution >= 4 is 23.0 Å². The van der Waals surface area contributed by atoms with E-state index in [4.69, 9.17) is 9.47 Å². The molecule has 6 heteroatoms. The van der Waals surface area contributed by atoms with Crippen LogP contribution in [0.1, 0.15) is 80.1 Å². The van der Waals surface area contributed by atoms with Crippen molar-refractivity contribution in [3.8, 4) is 0 Å². The fourth-order valence-corrected chi connectivity index (χ4v) is 6.69. The predicted molar refractivity (Wildman–Crippen MR) is 145 cm³/mol. The van der Waals surface area contributed by atoms with Crippen molar-refractivity contribution in [1.29, 1.82) is 0 Å². The van der Waals surface area contributed by atoms with E-state index in [0.717, 1.165) is 36.7 Å². The van der Waals surface area contributed by atoms with Crippen molar-refractivity contribution in [2.24, 2.45) is 35.5 Å². The first-order valence-electron chi connectivity index (χ1n) is 14.5. The molecule has 204 valence electrons. The number of benzene rings is 1. The molecule has 1 aromatic carbocycles. The Hall–Kier alpha value is -2.37. The average molecular weight is 512 g/mol. The summed E-state index contributed by atoms with van der Waals surface area (Å²) in [6.45, 7) is 13.6. The van der Waals surface area contributed by atoms with Gasteiger partial charge in [-0.1, -0.05) is 66.5 Å². The Morgan fingerprint density at radius 3 is 1.97 bits per heavy atom. The standard InChI is InChI=1S/C31H47N2O4/c1-20(2)24-13-11-22(5)15-28(24)36-30(34)17-32-19-33(27-10-8-7-9-26(27)32)18-31(35)37-29-16-23(6)12-14-25(29)21(3)4/h7-10,19-25,28-29H,11-18H2,1-6H3/q+1/t22-,23-,24-,25+,28-,29-/m1/s1. The molecule has 2 aliphatic rings. The summed E-state index contributed by atoms with van der Waals surface area (Å²) < 4.78 is 15.9. The van der Waals surface area contributed by atoms with Gasteiger partial charge in [0.25, 0.3) is 0 Å². The van der Waals surface area contributed by atoms with E-state index >= 15 is 0 Å². The van der Waals surface area contributed by atoms with Crippen LogP contribution in [0.25, 0.3) is 11.0 Å². The summed E-state index contributed by atoms with van der Waals surface area (Å²) in [5.74, 6) is 2.55. The van der Waals surface area contributed by atoms with Gasteiger partial charge in [-0.3, -0.25) is 0 Å². The Kier molecular flexibility index (Phi) is 8.97. The first kappa shape index (κ1) is 27.7. The fourth-order valence-electron chi connectivity index (χ4n) is 6.69. The lowest BCUT2D eigenvalue weighted by Crippen LogP contribution is -2.42. The minimum Gasteiger partial charge on any atom is -0.459 e. The molecule has 0 aliphatic heterocycles. The molecule has 1 heterocycles. The van der Waals surface area contributed by atoms with Gasteiger partial charge in [-0.15, -0.1) is 0 Å². The van der Waals surface area contributed by atoms with Gasteiger partial charge in [0.1, 0.15) is 12.2 Å². The summed E-state index contributed by atoms with van der Waals surface area (Å²) in [4.78, 5) is 26.2. The lowest BCUT2D eigenvalue weighted by Gasteiger charge is -2.36. The van der Waals surface area contributed by atoms with Crippen molar-refractivity contribution in [2.45, 2.75) is 105 Å². The molecule has 37 heavy (non-hydrogen) atoms. The van der Waals surface area contributed by atoms with Crippen LogP contribution in [0.5, 0.6) is 0 Å². The van der Waals surface area contributed by atoms with Crippen LogP contribution in [0.4, 0.5) is 0 Å². The zero-order valence-electron chi connectivity index (χ0n) is 23.7. The molecule has 0 radical (unpaired) electrons. The third-order valence-corrected chi connectivity index (χ3v) is 8.87. The number of rotatable bonds is 8. The third-order valence-electron chi connectivity index (χ3n) is 8.87. The number of esters is 2. The molecule has 0 bridgehead atoms. The molecule has 2 aromatic rings. The maximum Gasteiger partial charge on any atom is 0.348 e. The summed E-state index contributed by atoms with van der Waals surface area (Å²) in [6.07, 6.45) is 8.32. The smallest absolute Gasteiger partial charge is 0.348 e. The highest BCUT2D eigenvalue weighted by Crippen LogP contribution is 2.36. The summed E-state index contributed by atoms with van der Waals surface area (Å²) in [6, 6.07) is 7.89. The van der Waals surface area contributed by atoms with E-state index in [0.29, 0.717) is 35.5 Å². The van der Waals surface area contributed by atoms with E-state index in [9.17, 15) is 9.59 Å². The molecule has 0 saturated heterocycles. The molecule has 6 nitrogen and oxygen atoms in total. The molecule has 6 atom stereocenters. The first-order valence-corrected chi connectivity index (χ1v) is 14.5. The van der Waals surface area contributed by atoms with Crippen LogP contribution in [-0.2, 0) is 32.2 Å². The number of fused-ring (bicyclic) bond motifs is 1. The third kappa shape index (κ3) is 6.74. The first-order chi connectivity index (χ1) is 17.6. The van der Waals surface area contributed by atoms with Crippen LogP contribution < -0.4 is 4.57 Å². The van der Waals surface area contributed by atoms with Crippen LogP contribution in [-0.4, -0.2) is 28.7 Å². The molecule has 2 fully saturated rings. The molecular weight excluding hydrogens is 464 g/mol. The summed E-state index contributed by atoms with van der Waals surface area (Å²) in [5.41, 5.74) is 1.83. The van der Waals surface area contributed by atoms with Crippen molar-refractivity contribution < 1.29 is 23.6 Å². The van der Waals surface area contributed by atoms with Crippen LogP contribution >= 0.6 is 0 Å². The highest BCUT2D eigenvalue weighted by atomic mass is 16.5. The Balaban J connectivity index is 1.45. The van der Waals surface area contributed by atoms with Crippen LogP contribution in [0.2, 0.25) is 0 Å². The Morgan fingerprint density at radius 2 is 1.41 bits per heavy atom. The zero-order chi connectivity index (χ0) is 26.7. The molecule has 0 amide bonds. The van der Waals surface area contributed by atoms with Crippen molar-refractivity contribution in [3.05, 3.63) is 30.6 Å². The average Bonchev–Trinajstić information content (AvgIpc) is 3.15. The van der Waals surface area contributed by atoms with Gasteiger partial charge in [-0.2, -0.15) is 0 Å². The van der Waals surface area contributed by atoms with E-state index in [1.165, 1.54) is 12.8 Å². The van der Waals surface area contributed by atoms with E-state index in [-0.39, 0.29) is 37.2 Å². The molecule has 0 spiro atoms.